The van der Waals surface area contributed by atoms with Gasteiger partial charge in [0.15, 0.2) is 0 Å². The number of hydrogen-bond donors (Lipinski definition) is 1. The molecule has 4 rings (SSSR count). The second-order valence-electron chi connectivity index (χ2n) is 7.00. The summed E-state index contributed by atoms with van der Waals surface area (Å²) < 4.78 is 45.0. The Morgan fingerprint density at radius 1 is 1.13 bits per heavy atom. The van der Waals surface area contributed by atoms with Crippen LogP contribution in [0.25, 0.3) is 10.9 Å². The predicted molar refractivity (Wildman–Crippen MR) is 116 cm³/mol. The Kier molecular flexibility index (Phi) is 6.33. The number of carbonyl (C=O) groups is 1. The van der Waals surface area contributed by atoms with Gasteiger partial charge < -0.3 is 15.0 Å². The number of ether oxygens (including phenoxy) is 1. The van der Waals surface area contributed by atoms with Crippen LogP contribution in [0.5, 0.6) is 0 Å². The van der Waals surface area contributed by atoms with Gasteiger partial charge in [0.2, 0.25) is 5.91 Å². The molecule has 2 aromatic carbocycles. The van der Waals surface area contributed by atoms with Crippen molar-refractivity contribution in [1.29, 1.82) is 0 Å². The zero-order chi connectivity index (χ0) is 21.8. The van der Waals surface area contributed by atoms with Gasteiger partial charge in [0.05, 0.1) is 41.4 Å². The zero-order valence-corrected chi connectivity index (χ0v) is 17.3. The van der Waals surface area contributed by atoms with E-state index in [0.717, 1.165) is 27.9 Å². The molecule has 1 aromatic heterocycles. The topological polar surface area (TPSA) is 54.5 Å². The van der Waals surface area contributed by atoms with Gasteiger partial charge in [-0.25, -0.2) is 0 Å². The lowest BCUT2D eigenvalue weighted by atomic mass is 10.1. The van der Waals surface area contributed by atoms with Gasteiger partial charge in [0, 0.05) is 29.6 Å². The van der Waals surface area contributed by atoms with Gasteiger partial charge in [-0.15, -0.1) is 11.8 Å². The molecule has 0 aliphatic carbocycles. The van der Waals surface area contributed by atoms with Crippen LogP contribution in [0.2, 0.25) is 0 Å². The fourth-order valence-corrected chi connectivity index (χ4v) is 4.24. The maximum Gasteiger partial charge on any atom is 0.416 e. The van der Waals surface area contributed by atoms with Crippen molar-refractivity contribution in [3.63, 3.8) is 0 Å². The van der Waals surface area contributed by atoms with Crippen LogP contribution in [-0.2, 0) is 15.7 Å². The van der Waals surface area contributed by atoms with E-state index in [2.05, 4.69) is 10.3 Å². The lowest BCUT2D eigenvalue weighted by molar-refractivity contribution is -0.137. The van der Waals surface area contributed by atoms with Crippen molar-refractivity contribution < 1.29 is 22.7 Å². The maximum atomic E-state index is 13.2. The Morgan fingerprint density at radius 2 is 1.90 bits per heavy atom. The fraction of sp³-hybridized carbons (Fsp3) is 0.273. The number of alkyl halides is 3. The van der Waals surface area contributed by atoms with Crippen LogP contribution in [-0.4, -0.2) is 42.9 Å². The number of thioether (sulfide) groups is 1. The number of pyridine rings is 1. The quantitative estimate of drug-likeness (QED) is 0.569. The summed E-state index contributed by atoms with van der Waals surface area (Å²) >= 11 is 1.34. The number of benzene rings is 2. The molecule has 1 aliphatic heterocycles. The standard InChI is InChI=1S/C22H20F3N3O2S/c23-22(24,25)16-6-7-17(18(13-16)28-9-11-30-12-10-28)27-20(29)14-31-19-5-1-3-15-4-2-8-26-21(15)19/h1-8,13H,9-12,14H2,(H,27,29). The van der Waals surface area contributed by atoms with Crippen LogP contribution in [0.4, 0.5) is 24.5 Å². The summed E-state index contributed by atoms with van der Waals surface area (Å²) in [6.45, 7) is 1.77. The molecule has 0 radical (unpaired) electrons. The van der Waals surface area contributed by atoms with E-state index in [4.69, 9.17) is 4.74 Å². The molecule has 0 unspecified atom stereocenters. The van der Waals surface area contributed by atoms with Gasteiger partial charge in [-0.2, -0.15) is 13.2 Å². The number of hydrogen-bond acceptors (Lipinski definition) is 5. The third-order valence-electron chi connectivity index (χ3n) is 4.91. The third-order valence-corrected chi connectivity index (χ3v) is 5.95. The van der Waals surface area contributed by atoms with Crippen molar-refractivity contribution in [1.82, 2.24) is 4.98 Å². The summed E-state index contributed by atoms with van der Waals surface area (Å²) in [5.41, 5.74) is 0.773. The first-order valence-corrected chi connectivity index (χ1v) is 10.7. The monoisotopic (exact) mass is 447 g/mol. The second kappa shape index (κ2) is 9.15. The SMILES string of the molecule is O=C(CSc1cccc2cccnc12)Nc1ccc(C(F)(F)F)cc1N1CCOCC1. The minimum Gasteiger partial charge on any atom is -0.378 e. The summed E-state index contributed by atoms with van der Waals surface area (Å²) in [6, 6.07) is 12.9. The number of amides is 1. The number of morpholine rings is 1. The van der Waals surface area contributed by atoms with Crippen LogP contribution in [0.1, 0.15) is 5.56 Å². The van der Waals surface area contributed by atoms with Crippen molar-refractivity contribution >= 4 is 39.9 Å². The number of carbonyl (C=O) groups excluding carboxylic acids is 1. The number of aromatic nitrogens is 1. The average molecular weight is 447 g/mol. The first-order chi connectivity index (χ1) is 14.9. The summed E-state index contributed by atoms with van der Waals surface area (Å²) in [5, 5.41) is 3.75. The largest absolute Gasteiger partial charge is 0.416 e. The van der Waals surface area contributed by atoms with E-state index in [1.807, 2.05) is 30.3 Å². The van der Waals surface area contributed by atoms with E-state index >= 15 is 0 Å². The zero-order valence-electron chi connectivity index (χ0n) is 16.5. The first kappa shape index (κ1) is 21.5. The van der Waals surface area contributed by atoms with E-state index in [1.54, 1.807) is 11.1 Å². The molecule has 1 amide bonds. The Hall–Kier alpha value is -2.78. The highest BCUT2D eigenvalue weighted by molar-refractivity contribution is 8.00. The Labute approximate surface area is 181 Å². The second-order valence-corrected chi connectivity index (χ2v) is 8.01. The Morgan fingerprint density at radius 3 is 2.68 bits per heavy atom. The van der Waals surface area contributed by atoms with Crippen LogP contribution in [0, 0.1) is 0 Å². The molecule has 1 fully saturated rings. The normalized spacial score (nSPS) is 14.6. The summed E-state index contributed by atoms with van der Waals surface area (Å²) in [5.74, 6) is -0.189. The lowest BCUT2D eigenvalue weighted by Gasteiger charge is -2.31. The van der Waals surface area contributed by atoms with Crippen LogP contribution < -0.4 is 10.2 Å². The molecular formula is C22H20F3N3O2S. The number of para-hydroxylation sites is 1. The molecule has 2 heterocycles. The van der Waals surface area contributed by atoms with Crippen molar-refractivity contribution in [2.45, 2.75) is 11.1 Å². The number of rotatable bonds is 5. The molecule has 1 N–H and O–H groups in total. The molecule has 3 aromatic rings. The predicted octanol–water partition coefficient (Wildman–Crippen LogP) is 4.82. The maximum absolute atomic E-state index is 13.2. The number of nitrogens with one attached hydrogen (secondary N) is 1. The van der Waals surface area contributed by atoms with Crippen LogP contribution >= 0.6 is 11.8 Å². The molecule has 31 heavy (non-hydrogen) atoms. The molecule has 0 saturated carbocycles. The summed E-state index contributed by atoms with van der Waals surface area (Å²) in [7, 11) is 0. The van der Waals surface area contributed by atoms with Crippen molar-refractivity contribution in [3.05, 3.63) is 60.3 Å². The highest BCUT2D eigenvalue weighted by Crippen LogP contribution is 2.36. The van der Waals surface area contributed by atoms with Gasteiger partial charge >= 0.3 is 6.18 Å². The summed E-state index contributed by atoms with van der Waals surface area (Å²) in [6.07, 6.45) is -2.76. The number of halogens is 3. The average Bonchev–Trinajstić information content (AvgIpc) is 2.78. The van der Waals surface area contributed by atoms with E-state index in [0.29, 0.717) is 37.7 Å². The van der Waals surface area contributed by atoms with E-state index in [9.17, 15) is 18.0 Å². The highest BCUT2D eigenvalue weighted by atomic mass is 32.2. The van der Waals surface area contributed by atoms with E-state index in [1.165, 1.54) is 17.8 Å². The number of nitrogens with zero attached hydrogens (tertiary/aromatic N) is 2. The number of fused-ring (bicyclic) bond motifs is 1. The summed E-state index contributed by atoms with van der Waals surface area (Å²) in [4.78, 5) is 19.7. The number of anilines is 2. The minimum absolute atomic E-state index is 0.110. The van der Waals surface area contributed by atoms with E-state index < -0.39 is 11.7 Å². The lowest BCUT2D eigenvalue weighted by Crippen LogP contribution is -2.37. The van der Waals surface area contributed by atoms with Gasteiger partial charge in [0.1, 0.15) is 0 Å². The highest BCUT2D eigenvalue weighted by Gasteiger charge is 2.32. The Balaban J connectivity index is 1.51. The third kappa shape index (κ3) is 5.11. The molecule has 1 aliphatic rings. The minimum atomic E-state index is -4.46. The molecule has 0 atom stereocenters. The molecule has 0 bridgehead atoms. The molecule has 9 heteroatoms. The van der Waals surface area contributed by atoms with Gasteiger partial charge in [-0.05, 0) is 30.3 Å². The van der Waals surface area contributed by atoms with Crippen molar-refractivity contribution in [2.24, 2.45) is 0 Å². The molecule has 5 nitrogen and oxygen atoms in total. The van der Waals surface area contributed by atoms with E-state index in [-0.39, 0.29) is 11.7 Å². The van der Waals surface area contributed by atoms with Gasteiger partial charge in [-0.1, -0.05) is 18.2 Å². The van der Waals surface area contributed by atoms with Crippen molar-refractivity contribution in [2.75, 3.05) is 42.3 Å². The molecule has 0 spiro atoms. The Bertz CT molecular complexity index is 1080. The molecule has 1 saturated heterocycles. The van der Waals surface area contributed by atoms with Gasteiger partial charge in [-0.3, -0.25) is 9.78 Å². The molecule has 162 valence electrons. The molecular weight excluding hydrogens is 427 g/mol. The van der Waals surface area contributed by atoms with Crippen LogP contribution in [0.3, 0.4) is 0 Å². The smallest absolute Gasteiger partial charge is 0.378 e. The fourth-order valence-electron chi connectivity index (χ4n) is 3.40. The van der Waals surface area contributed by atoms with Crippen LogP contribution in [0.15, 0.2) is 59.6 Å². The van der Waals surface area contributed by atoms with Gasteiger partial charge in [0.25, 0.3) is 0 Å². The first-order valence-electron chi connectivity index (χ1n) is 9.72. The van der Waals surface area contributed by atoms with Crippen molar-refractivity contribution in [3.8, 4) is 0 Å².